The lowest BCUT2D eigenvalue weighted by atomic mass is 10.0. The lowest BCUT2D eigenvalue weighted by molar-refractivity contribution is 0.813. The van der Waals surface area contributed by atoms with Crippen molar-refractivity contribution in [1.29, 1.82) is 0 Å². The first-order valence-corrected chi connectivity index (χ1v) is 6.57. The van der Waals surface area contributed by atoms with Crippen LogP contribution < -0.4 is 5.32 Å². The highest BCUT2D eigenvalue weighted by Crippen LogP contribution is 2.28. The fourth-order valence-corrected chi connectivity index (χ4v) is 2.70. The molecular formula is C16H18N2. The molecule has 2 heteroatoms. The highest BCUT2D eigenvalue weighted by molar-refractivity contribution is 5.65. The summed E-state index contributed by atoms with van der Waals surface area (Å²) in [6.45, 7) is 0.867. The fraction of sp³-hybridized carbons (Fsp3) is 0.312. The minimum Gasteiger partial charge on any atom is -0.316 e. The summed E-state index contributed by atoms with van der Waals surface area (Å²) in [6.07, 6.45) is 7.65. The van der Waals surface area contributed by atoms with Crippen LogP contribution in [0.25, 0.3) is 11.1 Å². The zero-order valence-electron chi connectivity index (χ0n) is 10.7. The summed E-state index contributed by atoms with van der Waals surface area (Å²) in [5, 5.41) is 3.16. The smallest absolute Gasteiger partial charge is 0.0346 e. The molecule has 0 spiro atoms. The number of nitrogens with one attached hydrogen (secondary N) is 1. The topological polar surface area (TPSA) is 24.9 Å². The van der Waals surface area contributed by atoms with Crippen molar-refractivity contribution in [2.75, 3.05) is 7.05 Å². The molecule has 1 heterocycles. The van der Waals surface area contributed by atoms with E-state index in [1.807, 2.05) is 19.4 Å². The van der Waals surface area contributed by atoms with Crippen LogP contribution in [0.3, 0.4) is 0 Å². The normalized spacial score (nSPS) is 13.6. The Morgan fingerprint density at radius 1 is 1.06 bits per heavy atom. The number of hydrogen-bond acceptors (Lipinski definition) is 2. The van der Waals surface area contributed by atoms with E-state index in [4.69, 9.17) is 0 Å². The van der Waals surface area contributed by atoms with Crippen LogP contribution in [0.4, 0.5) is 0 Å². The highest BCUT2D eigenvalue weighted by Gasteiger charge is 2.11. The molecule has 3 rings (SSSR count). The second-order valence-corrected chi connectivity index (χ2v) is 4.95. The van der Waals surface area contributed by atoms with Crippen molar-refractivity contribution in [3.8, 4) is 11.1 Å². The second-order valence-electron chi connectivity index (χ2n) is 4.95. The van der Waals surface area contributed by atoms with Crippen LogP contribution in [0.2, 0.25) is 0 Å². The van der Waals surface area contributed by atoms with Crippen LogP contribution in [0, 0.1) is 0 Å². The maximum atomic E-state index is 4.33. The SMILES string of the molecule is CNCc1cncc(-c2ccc3c(c2)CCC3)c1. The molecule has 0 amide bonds. The number of hydrogen-bond donors (Lipinski definition) is 1. The third kappa shape index (κ3) is 2.16. The Morgan fingerprint density at radius 3 is 2.83 bits per heavy atom. The first-order chi connectivity index (χ1) is 8.86. The van der Waals surface area contributed by atoms with Crippen molar-refractivity contribution >= 4 is 0 Å². The minimum absolute atomic E-state index is 0.867. The zero-order chi connectivity index (χ0) is 12.4. The Balaban J connectivity index is 1.96. The quantitative estimate of drug-likeness (QED) is 0.889. The van der Waals surface area contributed by atoms with Crippen molar-refractivity contribution in [1.82, 2.24) is 10.3 Å². The molecule has 0 fully saturated rings. The van der Waals surface area contributed by atoms with Gasteiger partial charge in [0.05, 0.1) is 0 Å². The van der Waals surface area contributed by atoms with Gasteiger partial charge in [-0.1, -0.05) is 18.2 Å². The maximum absolute atomic E-state index is 4.33. The number of rotatable bonds is 3. The molecule has 18 heavy (non-hydrogen) atoms. The standard InChI is InChI=1S/C16H18N2/c1-17-9-12-7-16(11-18-10-12)15-6-5-13-3-2-4-14(13)8-15/h5-8,10-11,17H,2-4,9H2,1H3. The number of fused-ring (bicyclic) bond motifs is 1. The average molecular weight is 238 g/mol. The van der Waals surface area contributed by atoms with Gasteiger partial charge < -0.3 is 5.32 Å². The molecular weight excluding hydrogens is 220 g/mol. The van der Waals surface area contributed by atoms with Crippen LogP contribution in [0.1, 0.15) is 23.1 Å². The largest absolute Gasteiger partial charge is 0.316 e. The van der Waals surface area contributed by atoms with E-state index in [0.29, 0.717) is 0 Å². The van der Waals surface area contributed by atoms with Gasteiger partial charge in [-0.15, -0.1) is 0 Å². The summed E-state index contributed by atoms with van der Waals surface area (Å²) in [6, 6.07) is 9.06. The molecule has 1 N–H and O–H groups in total. The number of benzene rings is 1. The molecule has 1 aliphatic rings. The molecule has 1 aromatic carbocycles. The van der Waals surface area contributed by atoms with E-state index in [2.05, 4.69) is 34.6 Å². The van der Waals surface area contributed by atoms with Gasteiger partial charge in [0, 0.05) is 24.5 Å². The fourth-order valence-electron chi connectivity index (χ4n) is 2.70. The third-order valence-corrected chi connectivity index (χ3v) is 3.61. The molecule has 92 valence electrons. The Kier molecular flexibility index (Phi) is 3.11. The van der Waals surface area contributed by atoms with Crippen molar-refractivity contribution in [2.45, 2.75) is 25.8 Å². The number of aryl methyl sites for hydroxylation is 2. The zero-order valence-corrected chi connectivity index (χ0v) is 10.7. The van der Waals surface area contributed by atoms with Gasteiger partial charge in [0.25, 0.3) is 0 Å². The monoisotopic (exact) mass is 238 g/mol. The van der Waals surface area contributed by atoms with Crippen LogP contribution >= 0.6 is 0 Å². The van der Waals surface area contributed by atoms with Crippen molar-refractivity contribution in [3.05, 3.63) is 53.3 Å². The van der Waals surface area contributed by atoms with Gasteiger partial charge in [-0.05, 0) is 54.6 Å². The Bertz CT molecular complexity index is 561. The molecule has 2 aromatic rings. The third-order valence-electron chi connectivity index (χ3n) is 3.61. The Labute approximate surface area is 108 Å². The van der Waals surface area contributed by atoms with Crippen LogP contribution in [-0.2, 0) is 19.4 Å². The molecule has 0 radical (unpaired) electrons. The molecule has 0 bridgehead atoms. The predicted octanol–water partition coefficient (Wildman–Crippen LogP) is 2.96. The molecule has 0 saturated carbocycles. The highest BCUT2D eigenvalue weighted by atomic mass is 14.8. The van der Waals surface area contributed by atoms with E-state index >= 15 is 0 Å². The van der Waals surface area contributed by atoms with E-state index in [9.17, 15) is 0 Å². The van der Waals surface area contributed by atoms with Gasteiger partial charge in [-0.2, -0.15) is 0 Å². The summed E-state index contributed by atoms with van der Waals surface area (Å²) < 4.78 is 0. The van der Waals surface area contributed by atoms with Gasteiger partial charge in [0.15, 0.2) is 0 Å². The Morgan fingerprint density at radius 2 is 1.94 bits per heavy atom. The summed E-state index contributed by atoms with van der Waals surface area (Å²) >= 11 is 0. The molecule has 1 aliphatic carbocycles. The van der Waals surface area contributed by atoms with Gasteiger partial charge in [-0.3, -0.25) is 4.98 Å². The van der Waals surface area contributed by atoms with Crippen molar-refractivity contribution < 1.29 is 0 Å². The van der Waals surface area contributed by atoms with Gasteiger partial charge in [-0.25, -0.2) is 0 Å². The van der Waals surface area contributed by atoms with E-state index in [1.54, 1.807) is 0 Å². The second kappa shape index (κ2) is 4.91. The molecule has 0 aliphatic heterocycles. The van der Waals surface area contributed by atoms with Crippen LogP contribution in [-0.4, -0.2) is 12.0 Å². The summed E-state index contributed by atoms with van der Waals surface area (Å²) in [5.41, 5.74) is 6.79. The van der Waals surface area contributed by atoms with E-state index in [1.165, 1.54) is 47.1 Å². The summed E-state index contributed by atoms with van der Waals surface area (Å²) in [5.74, 6) is 0. The molecule has 2 nitrogen and oxygen atoms in total. The molecule has 0 unspecified atom stereocenters. The lowest BCUT2D eigenvalue weighted by Crippen LogP contribution is -2.05. The summed E-state index contributed by atoms with van der Waals surface area (Å²) in [4.78, 5) is 4.33. The van der Waals surface area contributed by atoms with Crippen molar-refractivity contribution in [2.24, 2.45) is 0 Å². The average Bonchev–Trinajstić information content (AvgIpc) is 2.86. The summed E-state index contributed by atoms with van der Waals surface area (Å²) in [7, 11) is 1.96. The van der Waals surface area contributed by atoms with Gasteiger partial charge in [0.2, 0.25) is 0 Å². The minimum atomic E-state index is 0.867. The number of aromatic nitrogens is 1. The first-order valence-electron chi connectivity index (χ1n) is 6.57. The van der Waals surface area contributed by atoms with Gasteiger partial charge in [0.1, 0.15) is 0 Å². The van der Waals surface area contributed by atoms with Crippen LogP contribution in [0.5, 0.6) is 0 Å². The first kappa shape index (κ1) is 11.4. The lowest BCUT2D eigenvalue weighted by Gasteiger charge is -2.07. The van der Waals surface area contributed by atoms with Gasteiger partial charge >= 0.3 is 0 Å². The molecule has 0 atom stereocenters. The Hall–Kier alpha value is -1.67. The van der Waals surface area contributed by atoms with Crippen LogP contribution in [0.15, 0.2) is 36.7 Å². The van der Waals surface area contributed by atoms with Crippen molar-refractivity contribution in [3.63, 3.8) is 0 Å². The molecule has 1 aromatic heterocycles. The van der Waals surface area contributed by atoms with E-state index in [0.717, 1.165) is 6.54 Å². The van der Waals surface area contributed by atoms with E-state index in [-0.39, 0.29) is 0 Å². The molecule has 0 saturated heterocycles. The van der Waals surface area contributed by atoms with E-state index < -0.39 is 0 Å². The predicted molar refractivity (Wildman–Crippen MR) is 74.5 cm³/mol. The maximum Gasteiger partial charge on any atom is 0.0346 e. The number of nitrogens with zero attached hydrogens (tertiary/aromatic N) is 1. The number of pyridine rings is 1.